The Kier molecular flexibility index (Phi) is 3.62. The number of rotatable bonds is 4. The van der Waals surface area contributed by atoms with Gasteiger partial charge in [0.25, 0.3) is 6.36 Å². The number of hydrogen-bond acceptors (Lipinski definition) is 3. The van der Waals surface area contributed by atoms with Gasteiger partial charge in [-0.2, -0.15) is 0 Å². The van der Waals surface area contributed by atoms with Crippen LogP contribution in [0, 0.1) is 6.36 Å². The molecule has 87 valence electrons. The summed E-state index contributed by atoms with van der Waals surface area (Å²) in [4.78, 5) is 0. The average molecular weight is 224 g/mol. The standard InChI is InChI=1S/C12H15FNO2/c1-2-15-10-5-3-4-9(8-10)14-11-6-7-16-12(11)13/h3-5,8,11,14H,2,6-7H2,1H3. The van der Waals surface area contributed by atoms with Gasteiger partial charge in [0.05, 0.1) is 19.3 Å². The van der Waals surface area contributed by atoms with E-state index in [0.29, 0.717) is 19.6 Å². The highest BCUT2D eigenvalue weighted by Crippen LogP contribution is 2.26. The largest absolute Gasteiger partial charge is 0.494 e. The Morgan fingerprint density at radius 2 is 2.44 bits per heavy atom. The van der Waals surface area contributed by atoms with Gasteiger partial charge in [0, 0.05) is 11.8 Å². The van der Waals surface area contributed by atoms with Gasteiger partial charge in [-0.15, -0.1) is 0 Å². The molecule has 16 heavy (non-hydrogen) atoms. The van der Waals surface area contributed by atoms with Crippen LogP contribution in [0.1, 0.15) is 13.3 Å². The Bertz CT molecular complexity index is 346. The maximum absolute atomic E-state index is 13.1. The first kappa shape index (κ1) is 11.2. The first-order valence-electron chi connectivity index (χ1n) is 5.44. The second-order valence-corrected chi connectivity index (χ2v) is 3.60. The van der Waals surface area contributed by atoms with E-state index in [1.807, 2.05) is 31.2 Å². The number of halogens is 1. The summed E-state index contributed by atoms with van der Waals surface area (Å²) in [6.07, 6.45) is 0.229. The zero-order valence-corrected chi connectivity index (χ0v) is 9.20. The summed E-state index contributed by atoms with van der Waals surface area (Å²) in [7, 11) is 0. The molecular weight excluding hydrogens is 209 g/mol. The number of benzene rings is 1. The summed E-state index contributed by atoms with van der Waals surface area (Å²) in [6.45, 7) is 2.99. The van der Waals surface area contributed by atoms with Crippen molar-refractivity contribution >= 4 is 5.69 Å². The minimum Gasteiger partial charge on any atom is -0.494 e. The highest BCUT2D eigenvalue weighted by Gasteiger charge is 2.29. The normalized spacial score (nSPS) is 21.0. The minimum absolute atomic E-state index is 0.336. The maximum Gasteiger partial charge on any atom is 0.291 e. The summed E-state index contributed by atoms with van der Waals surface area (Å²) in [6, 6.07) is 7.15. The lowest BCUT2D eigenvalue weighted by Crippen LogP contribution is -2.20. The van der Waals surface area contributed by atoms with Crippen molar-refractivity contribution in [3.63, 3.8) is 0 Å². The van der Waals surface area contributed by atoms with Gasteiger partial charge in [-0.1, -0.05) is 6.07 Å². The molecule has 0 spiro atoms. The molecular formula is C12H15FNO2. The molecule has 1 N–H and O–H groups in total. The number of hydrogen-bond donors (Lipinski definition) is 1. The predicted octanol–water partition coefficient (Wildman–Crippen LogP) is 2.75. The van der Waals surface area contributed by atoms with Crippen LogP contribution in [0.5, 0.6) is 5.75 Å². The number of anilines is 1. The SMILES string of the molecule is CCOc1cccc(NC2CCO[C]2F)c1. The van der Waals surface area contributed by atoms with E-state index in [1.54, 1.807) is 0 Å². The molecule has 1 heterocycles. The summed E-state index contributed by atoms with van der Waals surface area (Å²) < 4.78 is 23.3. The van der Waals surface area contributed by atoms with Crippen molar-refractivity contribution in [1.82, 2.24) is 0 Å². The molecule has 0 aromatic heterocycles. The Morgan fingerprint density at radius 1 is 1.56 bits per heavy atom. The highest BCUT2D eigenvalue weighted by molar-refractivity contribution is 5.49. The molecule has 1 atom stereocenters. The fraction of sp³-hybridized carbons (Fsp3) is 0.417. The van der Waals surface area contributed by atoms with E-state index in [2.05, 4.69) is 5.32 Å². The second kappa shape index (κ2) is 5.16. The zero-order chi connectivity index (χ0) is 11.4. The molecule has 1 saturated heterocycles. The summed E-state index contributed by atoms with van der Waals surface area (Å²) >= 11 is 0. The predicted molar refractivity (Wildman–Crippen MR) is 59.9 cm³/mol. The highest BCUT2D eigenvalue weighted by atomic mass is 19.1. The van der Waals surface area contributed by atoms with Crippen LogP contribution in [-0.2, 0) is 4.74 Å². The first-order valence-corrected chi connectivity index (χ1v) is 5.44. The molecule has 1 aromatic carbocycles. The van der Waals surface area contributed by atoms with Crippen molar-refractivity contribution in [2.24, 2.45) is 0 Å². The van der Waals surface area contributed by atoms with E-state index in [0.717, 1.165) is 11.4 Å². The van der Waals surface area contributed by atoms with E-state index >= 15 is 0 Å². The van der Waals surface area contributed by atoms with Crippen LogP contribution < -0.4 is 10.1 Å². The van der Waals surface area contributed by atoms with Crippen molar-refractivity contribution in [3.05, 3.63) is 30.6 Å². The van der Waals surface area contributed by atoms with Gasteiger partial charge in [0.2, 0.25) is 0 Å². The Labute approximate surface area is 94.6 Å². The molecule has 3 nitrogen and oxygen atoms in total. The van der Waals surface area contributed by atoms with Crippen LogP contribution in [0.4, 0.5) is 10.1 Å². The van der Waals surface area contributed by atoms with Crippen LogP contribution >= 0.6 is 0 Å². The van der Waals surface area contributed by atoms with Crippen molar-refractivity contribution in [2.75, 3.05) is 18.5 Å². The molecule has 0 saturated carbocycles. The Morgan fingerprint density at radius 3 is 3.12 bits per heavy atom. The van der Waals surface area contributed by atoms with Crippen LogP contribution in [0.25, 0.3) is 0 Å². The average Bonchev–Trinajstić information content (AvgIpc) is 2.66. The van der Waals surface area contributed by atoms with Crippen LogP contribution in [0.15, 0.2) is 24.3 Å². The molecule has 1 fully saturated rings. The van der Waals surface area contributed by atoms with Gasteiger partial charge in [0.1, 0.15) is 5.75 Å². The monoisotopic (exact) mass is 224 g/mol. The fourth-order valence-corrected chi connectivity index (χ4v) is 1.66. The zero-order valence-electron chi connectivity index (χ0n) is 9.20. The quantitative estimate of drug-likeness (QED) is 0.853. The molecule has 4 heteroatoms. The first-order chi connectivity index (χ1) is 7.79. The van der Waals surface area contributed by atoms with Crippen LogP contribution in [0.2, 0.25) is 0 Å². The molecule has 1 aliphatic rings. The van der Waals surface area contributed by atoms with Gasteiger partial charge in [0.15, 0.2) is 0 Å². The molecule has 1 aliphatic heterocycles. The number of nitrogens with one attached hydrogen (secondary N) is 1. The topological polar surface area (TPSA) is 30.5 Å². The molecule has 2 rings (SSSR count). The minimum atomic E-state index is -0.429. The third kappa shape index (κ3) is 2.64. The molecule has 1 aromatic rings. The lowest BCUT2D eigenvalue weighted by atomic mass is 10.2. The van der Waals surface area contributed by atoms with Gasteiger partial charge in [-0.05, 0) is 25.5 Å². The van der Waals surface area contributed by atoms with Crippen molar-refractivity contribution < 1.29 is 13.9 Å². The van der Waals surface area contributed by atoms with Crippen molar-refractivity contribution in [3.8, 4) is 5.75 Å². The molecule has 0 amide bonds. The maximum atomic E-state index is 13.1. The lowest BCUT2D eigenvalue weighted by Gasteiger charge is -2.14. The molecule has 1 radical (unpaired) electrons. The van der Waals surface area contributed by atoms with Gasteiger partial charge in [-0.25, -0.2) is 4.39 Å². The van der Waals surface area contributed by atoms with Crippen LogP contribution in [-0.4, -0.2) is 19.3 Å². The van der Waals surface area contributed by atoms with Crippen LogP contribution in [0.3, 0.4) is 0 Å². The third-order valence-electron chi connectivity index (χ3n) is 2.41. The van der Waals surface area contributed by atoms with E-state index in [1.165, 1.54) is 0 Å². The van der Waals surface area contributed by atoms with E-state index in [9.17, 15) is 4.39 Å². The number of ether oxygens (including phenoxy) is 2. The van der Waals surface area contributed by atoms with E-state index in [4.69, 9.17) is 9.47 Å². The fourth-order valence-electron chi connectivity index (χ4n) is 1.66. The van der Waals surface area contributed by atoms with Gasteiger partial charge < -0.3 is 14.8 Å². The second-order valence-electron chi connectivity index (χ2n) is 3.60. The smallest absolute Gasteiger partial charge is 0.291 e. The Hall–Kier alpha value is -1.29. The van der Waals surface area contributed by atoms with Crippen molar-refractivity contribution in [2.45, 2.75) is 19.4 Å². The molecule has 0 bridgehead atoms. The lowest BCUT2D eigenvalue weighted by molar-refractivity contribution is 0.108. The van der Waals surface area contributed by atoms with E-state index < -0.39 is 6.36 Å². The summed E-state index contributed by atoms with van der Waals surface area (Å²) in [5, 5.41) is 3.07. The van der Waals surface area contributed by atoms with E-state index in [-0.39, 0.29) is 6.04 Å². The summed E-state index contributed by atoms with van der Waals surface area (Å²) in [5.74, 6) is 0.784. The van der Waals surface area contributed by atoms with Gasteiger partial charge in [-0.3, -0.25) is 0 Å². The third-order valence-corrected chi connectivity index (χ3v) is 2.41. The van der Waals surface area contributed by atoms with Gasteiger partial charge >= 0.3 is 0 Å². The van der Waals surface area contributed by atoms with Crippen molar-refractivity contribution in [1.29, 1.82) is 0 Å². The Balaban J connectivity index is 2.00. The molecule has 0 aliphatic carbocycles. The summed E-state index contributed by atoms with van der Waals surface area (Å²) in [5.41, 5.74) is 0.844. The molecule has 1 unspecified atom stereocenters.